The lowest BCUT2D eigenvalue weighted by Crippen LogP contribution is -2.13. The fraction of sp³-hybridized carbons (Fsp3) is 0.312. The molecule has 1 aromatic carbocycles. The molecule has 116 valence electrons. The van der Waals surface area contributed by atoms with Gasteiger partial charge in [-0.05, 0) is 19.1 Å². The Morgan fingerprint density at radius 3 is 2.45 bits per heavy atom. The first-order valence-electron chi connectivity index (χ1n) is 6.88. The molecule has 0 N–H and O–H groups in total. The van der Waals surface area contributed by atoms with Gasteiger partial charge < -0.3 is 9.47 Å². The summed E-state index contributed by atoms with van der Waals surface area (Å²) >= 11 is 0. The van der Waals surface area contributed by atoms with E-state index in [0.29, 0.717) is 12.3 Å². The summed E-state index contributed by atoms with van der Waals surface area (Å²) in [6, 6.07) is 9.31. The van der Waals surface area contributed by atoms with Gasteiger partial charge >= 0.3 is 5.97 Å². The molecular weight excluding hydrogens is 284 g/mol. The molecule has 0 unspecified atom stereocenters. The van der Waals surface area contributed by atoms with Crippen LogP contribution in [0.1, 0.15) is 33.5 Å². The third kappa shape index (κ3) is 3.23. The molecule has 0 aliphatic rings. The molecule has 0 aliphatic heterocycles. The van der Waals surface area contributed by atoms with Crippen LogP contribution >= 0.6 is 0 Å². The van der Waals surface area contributed by atoms with Gasteiger partial charge in [0.25, 0.3) is 0 Å². The zero-order valence-corrected chi connectivity index (χ0v) is 12.8. The number of hydrogen-bond acceptors (Lipinski definition) is 5. The van der Waals surface area contributed by atoms with E-state index >= 15 is 0 Å². The van der Waals surface area contributed by atoms with Gasteiger partial charge in [0.15, 0.2) is 5.78 Å². The van der Waals surface area contributed by atoms with Crippen LogP contribution in [-0.2, 0) is 9.47 Å². The van der Waals surface area contributed by atoms with E-state index in [4.69, 9.17) is 9.47 Å². The minimum absolute atomic E-state index is 0.115. The highest BCUT2D eigenvalue weighted by atomic mass is 16.6. The van der Waals surface area contributed by atoms with E-state index in [1.165, 1.54) is 14.0 Å². The molecule has 1 aromatic heterocycles. The predicted octanol–water partition coefficient (Wildman–Crippen LogP) is 2.19. The molecule has 0 radical (unpaired) electrons. The maximum absolute atomic E-state index is 12.2. The summed E-state index contributed by atoms with van der Waals surface area (Å²) in [6.45, 7) is 3.54. The number of ether oxygens (including phenoxy) is 2. The Balaban J connectivity index is 2.42. The number of para-hydroxylation sites is 1. The van der Waals surface area contributed by atoms with E-state index in [0.717, 1.165) is 5.69 Å². The van der Waals surface area contributed by atoms with Gasteiger partial charge in [-0.15, -0.1) is 0 Å². The minimum Gasteiger partial charge on any atom is -0.460 e. The molecule has 2 rings (SSSR count). The normalized spacial score (nSPS) is 10.5. The molecule has 0 spiro atoms. The second kappa shape index (κ2) is 7.00. The Morgan fingerprint density at radius 1 is 1.18 bits per heavy atom. The SMILES string of the molecule is COCCOC(=O)c1c(C(C)=O)nn(-c2ccccc2)c1C. The van der Waals surface area contributed by atoms with Crippen LogP contribution in [0.3, 0.4) is 0 Å². The van der Waals surface area contributed by atoms with Crippen molar-refractivity contribution in [1.82, 2.24) is 9.78 Å². The molecule has 0 fully saturated rings. The van der Waals surface area contributed by atoms with E-state index < -0.39 is 5.97 Å². The summed E-state index contributed by atoms with van der Waals surface area (Å²) in [6.07, 6.45) is 0. The molecular formula is C16H18N2O4. The smallest absolute Gasteiger partial charge is 0.342 e. The van der Waals surface area contributed by atoms with Crippen LogP contribution in [0.2, 0.25) is 0 Å². The minimum atomic E-state index is -0.568. The van der Waals surface area contributed by atoms with Crippen LogP contribution in [0, 0.1) is 6.92 Å². The number of carbonyl (C=O) groups is 2. The van der Waals surface area contributed by atoms with Gasteiger partial charge in [-0.25, -0.2) is 9.48 Å². The maximum atomic E-state index is 12.2. The van der Waals surface area contributed by atoms with Crippen molar-refractivity contribution in [3.05, 3.63) is 47.3 Å². The molecule has 1 heterocycles. The summed E-state index contributed by atoms with van der Waals surface area (Å²) in [4.78, 5) is 24.0. The second-order valence-corrected chi connectivity index (χ2v) is 4.74. The van der Waals surface area contributed by atoms with Gasteiger partial charge in [-0.1, -0.05) is 18.2 Å². The number of nitrogens with zero attached hydrogens (tertiary/aromatic N) is 2. The van der Waals surface area contributed by atoms with Crippen LogP contribution in [0.25, 0.3) is 5.69 Å². The van der Waals surface area contributed by atoms with E-state index in [2.05, 4.69) is 5.10 Å². The number of hydrogen-bond donors (Lipinski definition) is 0. The number of esters is 1. The Morgan fingerprint density at radius 2 is 1.86 bits per heavy atom. The number of Topliss-reactive ketones (excluding diaryl/α,β-unsaturated/α-hetero) is 1. The highest BCUT2D eigenvalue weighted by Gasteiger charge is 2.25. The predicted molar refractivity (Wildman–Crippen MR) is 80.5 cm³/mol. The van der Waals surface area contributed by atoms with E-state index in [1.54, 1.807) is 11.6 Å². The summed E-state index contributed by atoms with van der Waals surface area (Å²) in [7, 11) is 1.52. The fourth-order valence-electron chi connectivity index (χ4n) is 2.10. The number of methoxy groups -OCH3 is 1. The highest BCUT2D eigenvalue weighted by Crippen LogP contribution is 2.19. The van der Waals surface area contributed by atoms with Crippen LogP contribution in [-0.4, -0.2) is 41.9 Å². The van der Waals surface area contributed by atoms with Crippen LogP contribution in [0.4, 0.5) is 0 Å². The lowest BCUT2D eigenvalue weighted by molar-refractivity contribution is 0.0385. The van der Waals surface area contributed by atoms with Crippen LogP contribution in [0.15, 0.2) is 30.3 Å². The third-order valence-electron chi connectivity index (χ3n) is 3.18. The van der Waals surface area contributed by atoms with Gasteiger partial charge in [-0.3, -0.25) is 4.79 Å². The monoisotopic (exact) mass is 302 g/mol. The third-order valence-corrected chi connectivity index (χ3v) is 3.18. The summed E-state index contributed by atoms with van der Waals surface area (Å²) in [5, 5.41) is 4.26. The first-order valence-corrected chi connectivity index (χ1v) is 6.88. The molecule has 0 aliphatic carbocycles. The van der Waals surface area contributed by atoms with Crippen LogP contribution < -0.4 is 0 Å². The zero-order valence-electron chi connectivity index (χ0n) is 12.8. The first kappa shape index (κ1) is 15.9. The number of rotatable bonds is 6. The lowest BCUT2D eigenvalue weighted by atomic mass is 10.1. The topological polar surface area (TPSA) is 70.4 Å². The molecule has 0 amide bonds. The number of carbonyl (C=O) groups excluding carboxylic acids is 2. The second-order valence-electron chi connectivity index (χ2n) is 4.74. The van der Waals surface area contributed by atoms with Gasteiger partial charge in [0, 0.05) is 14.0 Å². The number of benzene rings is 1. The van der Waals surface area contributed by atoms with Gasteiger partial charge in [-0.2, -0.15) is 5.10 Å². The molecule has 0 saturated heterocycles. The Hall–Kier alpha value is -2.47. The van der Waals surface area contributed by atoms with Gasteiger partial charge in [0.05, 0.1) is 18.0 Å². The van der Waals surface area contributed by atoms with Crippen molar-refractivity contribution in [1.29, 1.82) is 0 Å². The molecule has 6 heteroatoms. The standard InChI is InChI=1S/C16H18N2O4/c1-11-14(16(20)22-10-9-21-3)15(12(2)19)17-18(11)13-7-5-4-6-8-13/h4-8H,9-10H2,1-3H3. The van der Waals surface area contributed by atoms with Crippen LogP contribution in [0.5, 0.6) is 0 Å². The van der Waals surface area contributed by atoms with E-state index in [1.807, 2.05) is 30.3 Å². The molecule has 22 heavy (non-hydrogen) atoms. The van der Waals surface area contributed by atoms with Crippen molar-refractivity contribution >= 4 is 11.8 Å². The average molecular weight is 302 g/mol. The van der Waals surface area contributed by atoms with Crippen molar-refractivity contribution < 1.29 is 19.1 Å². The van der Waals surface area contributed by atoms with E-state index in [-0.39, 0.29) is 23.6 Å². The Labute approximate surface area is 128 Å². The highest BCUT2D eigenvalue weighted by molar-refractivity contribution is 6.04. The molecule has 0 saturated carbocycles. The summed E-state index contributed by atoms with van der Waals surface area (Å²) in [5.41, 5.74) is 1.66. The van der Waals surface area contributed by atoms with Crippen molar-refractivity contribution in [3.63, 3.8) is 0 Å². The summed E-state index contributed by atoms with van der Waals surface area (Å²) in [5.74, 6) is -0.849. The number of ketones is 1. The molecule has 6 nitrogen and oxygen atoms in total. The largest absolute Gasteiger partial charge is 0.460 e. The fourth-order valence-corrected chi connectivity index (χ4v) is 2.10. The van der Waals surface area contributed by atoms with Crippen molar-refractivity contribution in [2.24, 2.45) is 0 Å². The quantitative estimate of drug-likeness (QED) is 0.465. The lowest BCUT2D eigenvalue weighted by Gasteiger charge is -2.06. The Kier molecular flexibility index (Phi) is 5.06. The van der Waals surface area contributed by atoms with Gasteiger partial charge in [0.2, 0.25) is 0 Å². The molecule has 0 bridgehead atoms. The summed E-state index contributed by atoms with van der Waals surface area (Å²) < 4.78 is 11.5. The molecule has 2 aromatic rings. The first-order chi connectivity index (χ1) is 10.6. The molecule has 0 atom stereocenters. The Bertz CT molecular complexity index is 677. The van der Waals surface area contributed by atoms with Crippen molar-refractivity contribution in [2.75, 3.05) is 20.3 Å². The number of aromatic nitrogens is 2. The average Bonchev–Trinajstić information content (AvgIpc) is 2.86. The van der Waals surface area contributed by atoms with Gasteiger partial charge in [0.1, 0.15) is 17.9 Å². The van der Waals surface area contributed by atoms with Crippen molar-refractivity contribution in [2.45, 2.75) is 13.8 Å². The zero-order chi connectivity index (χ0) is 16.1. The van der Waals surface area contributed by atoms with E-state index in [9.17, 15) is 9.59 Å². The van der Waals surface area contributed by atoms with Crippen molar-refractivity contribution in [3.8, 4) is 5.69 Å². The maximum Gasteiger partial charge on any atom is 0.342 e.